The van der Waals surface area contributed by atoms with Crippen molar-refractivity contribution in [1.82, 2.24) is 0 Å². The van der Waals surface area contributed by atoms with Crippen molar-refractivity contribution >= 4 is 12.7 Å². The van der Waals surface area contributed by atoms with Crippen LogP contribution in [0.25, 0.3) is 0 Å². The van der Waals surface area contributed by atoms with E-state index >= 15 is 0 Å². The van der Waals surface area contributed by atoms with Crippen molar-refractivity contribution in [2.45, 2.75) is 0 Å². The number of halogens is 4. The van der Waals surface area contributed by atoms with Gasteiger partial charge in [0.1, 0.15) is 11.6 Å². The molecule has 0 nitrogen and oxygen atoms in total. The Morgan fingerprint density at radius 3 is 2.18 bits per heavy atom. The Morgan fingerprint density at radius 1 is 1.09 bits per heavy atom. The molecule has 0 bridgehead atoms. The van der Waals surface area contributed by atoms with Crippen molar-refractivity contribution in [3.63, 3.8) is 0 Å². The van der Waals surface area contributed by atoms with Crippen molar-refractivity contribution in [3.05, 3.63) is 29.8 Å². The zero-order valence-corrected chi connectivity index (χ0v) is 5.32. The molecule has 0 fully saturated rings. The van der Waals surface area contributed by atoms with Gasteiger partial charge in [-0.2, -0.15) is 0 Å². The van der Waals surface area contributed by atoms with E-state index in [1.54, 1.807) is 0 Å². The molecule has 0 heterocycles. The molecular formula is C6H3BF4. The molecule has 5 heteroatoms. The van der Waals surface area contributed by atoms with E-state index in [1.165, 1.54) is 0 Å². The lowest BCUT2D eigenvalue weighted by Crippen LogP contribution is -2.24. The highest BCUT2D eigenvalue weighted by Gasteiger charge is 2.20. The van der Waals surface area contributed by atoms with Gasteiger partial charge >= 0.3 is 7.27 Å². The molecule has 0 saturated carbocycles. The molecule has 0 aliphatic heterocycles. The van der Waals surface area contributed by atoms with Gasteiger partial charge in [-0.1, -0.05) is 6.07 Å². The molecule has 1 rings (SSSR count). The van der Waals surface area contributed by atoms with Gasteiger partial charge in [-0.25, -0.2) is 8.78 Å². The van der Waals surface area contributed by atoms with Gasteiger partial charge in [-0.05, 0) is 6.07 Å². The van der Waals surface area contributed by atoms with Crippen LogP contribution in [0.4, 0.5) is 17.4 Å². The van der Waals surface area contributed by atoms with Gasteiger partial charge in [0.2, 0.25) is 0 Å². The SMILES string of the molecule is FB(F)c1ccc(F)cc1F. The summed E-state index contributed by atoms with van der Waals surface area (Å²) < 4.78 is 48.1. The first-order chi connectivity index (χ1) is 5.11. The maximum Gasteiger partial charge on any atom is 0.574 e. The van der Waals surface area contributed by atoms with Crippen LogP contribution in [0.3, 0.4) is 0 Å². The Labute approximate surface area is 61.0 Å². The second-order valence-corrected chi connectivity index (χ2v) is 1.97. The van der Waals surface area contributed by atoms with Crippen LogP contribution >= 0.6 is 0 Å². The van der Waals surface area contributed by atoms with E-state index in [0.717, 1.165) is 12.1 Å². The maximum atomic E-state index is 12.4. The highest BCUT2D eigenvalue weighted by atomic mass is 19.2. The second kappa shape index (κ2) is 2.94. The number of benzene rings is 1. The zero-order chi connectivity index (χ0) is 8.43. The largest absolute Gasteiger partial charge is 0.574 e. The molecule has 0 spiro atoms. The summed E-state index contributed by atoms with van der Waals surface area (Å²) in [7, 11) is -2.89. The highest BCUT2D eigenvalue weighted by Crippen LogP contribution is 2.01. The summed E-state index contributed by atoms with van der Waals surface area (Å²) in [5.74, 6) is -2.06. The lowest BCUT2D eigenvalue weighted by atomic mass is 9.85. The third-order valence-electron chi connectivity index (χ3n) is 1.20. The first kappa shape index (κ1) is 8.10. The number of hydrogen-bond acceptors (Lipinski definition) is 0. The summed E-state index contributed by atoms with van der Waals surface area (Å²) in [6, 6.07) is 1.96. The van der Waals surface area contributed by atoms with Crippen molar-refractivity contribution in [1.29, 1.82) is 0 Å². The smallest absolute Gasteiger partial charge is 0.281 e. The topological polar surface area (TPSA) is 0 Å². The van der Waals surface area contributed by atoms with E-state index in [-0.39, 0.29) is 0 Å². The molecule has 1 aromatic carbocycles. The van der Waals surface area contributed by atoms with Crippen molar-refractivity contribution in [3.8, 4) is 0 Å². The quantitative estimate of drug-likeness (QED) is 0.434. The van der Waals surface area contributed by atoms with E-state index in [4.69, 9.17) is 0 Å². The van der Waals surface area contributed by atoms with Crippen LogP contribution in [0.2, 0.25) is 0 Å². The molecule has 0 N–H and O–H groups in total. The van der Waals surface area contributed by atoms with Crippen molar-refractivity contribution < 1.29 is 17.4 Å². The fourth-order valence-corrected chi connectivity index (χ4v) is 0.678. The maximum absolute atomic E-state index is 12.4. The van der Waals surface area contributed by atoms with Crippen LogP contribution < -0.4 is 5.46 Å². The summed E-state index contributed by atoms with van der Waals surface area (Å²) >= 11 is 0. The number of rotatable bonds is 1. The monoisotopic (exact) mass is 162 g/mol. The first-order valence-corrected chi connectivity index (χ1v) is 2.84. The van der Waals surface area contributed by atoms with Gasteiger partial charge in [0.05, 0.1) is 0 Å². The van der Waals surface area contributed by atoms with E-state index in [2.05, 4.69) is 0 Å². The highest BCUT2D eigenvalue weighted by molar-refractivity contribution is 6.60. The van der Waals surface area contributed by atoms with Crippen LogP contribution in [-0.2, 0) is 0 Å². The standard InChI is InChI=1S/C6H3BF4/c8-4-1-2-5(7(10)11)6(9)3-4/h1-3H. The summed E-state index contributed by atoms with van der Waals surface area (Å²) in [6.45, 7) is 0. The minimum atomic E-state index is -2.89. The van der Waals surface area contributed by atoms with Crippen molar-refractivity contribution in [2.75, 3.05) is 0 Å². The molecule has 0 amide bonds. The van der Waals surface area contributed by atoms with Crippen LogP contribution in [-0.4, -0.2) is 7.27 Å². The summed E-state index contributed by atoms with van der Waals surface area (Å²) in [5.41, 5.74) is -0.772. The van der Waals surface area contributed by atoms with Gasteiger partial charge in [0.15, 0.2) is 0 Å². The van der Waals surface area contributed by atoms with Crippen LogP contribution in [0.5, 0.6) is 0 Å². The van der Waals surface area contributed by atoms with Gasteiger partial charge in [-0.3, -0.25) is 8.63 Å². The lowest BCUT2D eigenvalue weighted by molar-refractivity contribution is 0.583. The fraction of sp³-hybridized carbons (Fsp3) is 0. The van der Waals surface area contributed by atoms with Crippen molar-refractivity contribution in [2.24, 2.45) is 0 Å². The predicted molar refractivity (Wildman–Crippen MR) is 34.0 cm³/mol. The Hall–Kier alpha value is -0.995. The van der Waals surface area contributed by atoms with Gasteiger partial charge in [0, 0.05) is 11.5 Å². The molecule has 58 valence electrons. The molecule has 0 saturated heterocycles. The van der Waals surface area contributed by atoms with E-state index in [9.17, 15) is 17.4 Å². The predicted octanol–water partition coefficient (Wildman–Crippen LogP) is 1.60. The summed E-state index contributed by atoms with van der Waals surface area (Å²) in [6.07, 6.45) is 0. The van der Waals surface area contributed by atoms with Crippen LogP contribution in [0.1, 0.15) is 0 Å². The summed E-state index contributed by atoms with van der Waals surface area (Å²) in [5, 5.41) is 0. The Balaban J connectivity index is 3.09. The number of hydrogen-bond donors (Lipinski definition) is 0. The molecule has 0 aliphatic carbocycles. The van der Waals surface area contributed by atoms with E-state index in [0.29, 0.717) is 6.07 Å². The Bertz CT molecular complexity index is 261. The molecule has 0 aromatic heterocycles. The lowest BCUT2D eigenvalue weighted by Gasteiger charge is -1.96. The normalized spacial score (nSPS) is 9.82. The molecule has 0 aliphatic rings. The van der Waals surface area contributed by atoms with Crippen LogP contribution in [0, 0.1) is 11.6 Å². The average molecular weight is 162 g/mol. The molecule has 11 heavy (non-hydrogen) atoms. The van der Waals surface area contributed by atoms with Crippen LogP contribution in [0.15, 0.2) is 18.2 Å². The minimum absolute atomic E-state index is 0.432. The molecule has 1 aromatic rings. The molecule has 0 radical (unpaired) electrons. The average Bonchev–Trinajstić information content (AvgIpc) is 1.85. The van der Waals surface area contributed by atoms with E-state index in [1.807, 2.05) is 0 Å². The minimum Gasteiger partial charge on any atom is -0.281 e. The molecule has 0 atom stereocenters. The van der Waals surface area contributed by atoms with Gasteiger partial charge < -0.3 is 0 Å². The third-order valence-corrected chi connectivity index (χ3v) is 1.20. The summed E-state index contributed by atoms with van der Waals surface area (Å²) in [4.78, 5) is 0. The zero-order valence-electron chi connectivity index (χ0n) is 5.32. The molecular weight excluding hydrogens is 159 g/mol. The Kier molecular flexibility index (Phi) is 2.17. The van der Waals surface area contributed by atoms with E-state index < -0.39 is 24.4 Å². The first-order valence-electron chi connectivity index (χ1n) is 2.84. The second-order valence-electron chi connectivity index (χ2n) is 1.97. The van der Waals surface area contributed by atoms with Gasteiger partial charge in [-0.15, -0.1) is 0 Å². The third kappa shape index (κ3) is 1.72. The molecule has 0 unspecified atom stereocenters. The Morgan fingerprint density at radius 2 is 1.73 bits per heavy atom. The van der Waals surface area contributed by atoms with Gasteiger partial charge in [0.25, 0.3) is 0 Å². The fourth-order valence-electron chi connectivity index (χ4n) is 0.678.